The number of nitrogens with one attached hydrogen (secondary N) is 1. The van der Waals surface area contributed by atoms with Crippen LogP contribution in [0.1, 0.15) is 15.9 Å². The van der Waals surface area contributed by atoms with Gasteiger partial charge in [-0.3, -0.25) is 4.79 Å². The molecule has 1 aromatic carbocycles. The minimum atomic E-state index is -0.230. The molecule has 0 aliphatic heterocycles. The first-order chi connectivity index (χ1) is 8.49. The van der Waals surface area contributed by atoms with Crippen LogP contribution in [0.3, 0.4) is 0 Å². The van der Waals surface area contributed by atoms with Gasteiger partial charge >= 0.3 is 0 Å². The van der Waals surface area contributed by atoms with Crippen LogP contribution in [0, 0.1) is 6.92 Å². The van der Waals surface area contributed by atoms with Crippen LogP contribution in [-0.4, -0.2) is 5.91 Å². The summed E-state index contributed by atoms with van der Waals surface area (Å²) in [4.78, 5) is 12.0. The Hall–Kier alpha value is -0.550. The van der Waals surface area contributed by atoms with Gasteiger partial charge in [0, 0.05) is 5.38 Å². The number of anilines is 1. The molecule has 0 atom stereocenters. The second kappa shape index (κ2) is 5.61. The monoisotopic (exact) mass is 363 g/mol. The van der Waals surface area contributed by atoms with Crippen molar-refractivity contribution in [3.8, 4) is 0 Å². The van der Waals surface area contributed by atoms with Crippen LogP contribution in [-0.2, 0) is 0 Å². The summed E-state index contributed by atoms with van der Waals surface area (Å²) in [5, 5.41) is 5.38. The zero-order valence-corrected chi connectivity index (χ0v) is 13.2. The van der Waals surface area contributed by atoms with Gasteiger partial charge in [0.2, 0.25) is 0 Å². The number of carbonyl (C=O) groups excluding carboxylic acids is 1. The molecule has 2 nitrogen and oxygen atoms in total. The van der Waals surface area contributed by atoms with Crippen LogP contribution in [0.2, 0.25) is 10.0 Å². The first-order valence-corrected chi connectivity index (χ1v) is 7.42. The summed E-state index contributed by atoms with van der Waals surface area (Å²) in [5.41, 5.74) is 1.88. The lowest BCUT2D eigenvalue weighted by Crippen LogP contribution is -2.11. The molecule has 94 valence electrons. The van der Waals surface area contributed by atoms with Gasteiger partial charge in [-0.05, 0) is 40.5 Å². The molecule has 0 saturated heterocycles. The third kappa shape index (κ3) is 2.88. The van der Waals surface area contributed by atoms with Gasteiger partial charge in [0.25, 0.3) is 5.91 Å². The topological polar surface area (TPSA) is 29.1 Å². The molecule has 2 aromatic rings. The number of hydrogen-bond donors (Lipinski definition) is 1. The molecule has 1 aromatic heterocycles. The molecule has 0 unspecified atom stereocenters. The van der Waals surface area contributed by atoms with E-state index in [0.29, 0.717) is 21.3 Å². The number of hydrogen-bond acceptors (Lipinski definition) is 2. The van der Waals surface area contributed by atoms with Gasteiger partial charge in [-0.25, -0.2) is 0 Å². The van der Waals surface area contributed by atoms with E-state index in [2.05, 4.69) is 21.2 Å². The Morgan fingerprint density at radius 2 is 2.11 bits per heavy atom. The average Bonchev–Trinajstić information content (AvgIpc) is 2.76. The molecular weight excluding hydrogens is 357 g/mol. The first kappa shape index (κ1) is 13.9. The highest BCUT2D eigenvalue weighted by atomic mass is 79.9. The Morgan fingerprint density at radius 3 is 2.72 bits per heavy atom. The molecule has 0 spiro atoms. The molecule has 1 heterocycles. The Balaban J connectivity index is 2.30. The Labute approximate surface area is 127 Å². The SMILES string of the molecule is Cc1ccc(Cl)c(NC(=O)c2csc(Br)c2)c1Cl. The molecule has 0 radical (unpaired) electrons. The highest BCUT2D eigenvalue weighted by Crippen LogP contribution is 2.33. The molecule has 0 bridgehead atoms. The van der Waals surface area contributed by atoms with Crippen molar-refractivity contribution in [3.63, 3.8) is 0 Å². The number of carbonyl (C=O) groups is 1. The van der Waals surface area contributed by atoms with Crippen molar-refractivity contribution in [1.82, 2.24) is 0 Å². The number of rotatable bonds is 2. The van der Waals surface area contributed by atoms with Crippen LogP contribution >= 0.6 is 50.5 Å². The standard InChI is InChI=1S/C12H8BrCl2NOS/c1-6-2-3-8(14)11(10(6)15)16-12(17)7-4-9(13)18-5-7/h2-5H,1H3,(H,16,17). The zero-order valence-electron chi connectivity index (χ0n) is 9.26. The smallest absolute Gasteiger partial charge is 0.256 e. The van der Waals surface area contributed by atoms with Crippen molar-refractivity contribution < 1.29 is 4.79 Å². The Morgan fingerprint density at radius 1 is 1.39 bits per heavy atom. The summed E-state index contributed by atoms with van der Waals surface area (Å²) in [7, 11) is 0. The van der Waals surface area contributed by atoms with Gasteiger partial charge in [-0.1, -0.05) is 29.3 Å². The predicted molar refractivity (Wildman–Crippen MR) is 81.2 cm³/mol. The molecule has 1 N–H and O–H groups in total. The van der Waals surface area contributed by atoms with Gasteiger partial charge in [-0.15, -0.1) is 11.3 Å². The molecule has 6 heteroatoms. The predicted octanol–water partition coefficient (Wildman–Crippen LogP) is 5.38. The largest absolute Gasteiger partial charge is 0.319 e. The molecule has 0 aliphatic carbocycles. The normalized spacial score (nSPS) is 10.4. The number of thiophene rings is 1. The van der Waals surface area contributed by atoms with Crippen molar-refractivity contribution in [2.24, 2.45) is 0 Å². The fourth-order valence-electron chi connectivity index (χ4n) is 1.39. The molecule has 0 aliphatic rings. The van der Waals surface area contributed by atoms with Crippen LogP contribution in [0.4, 0.5) is 5.69 Å². The van der Waals surface area contributed by atoms with Crippen molar-refractivity contribution in [3.05, 3.63) is 48.5 Å². The van der Waals surface area contributed by atoms with E-state index in [9.17, 15) is 4.79 Å². The van der Waals surface area contributed by atoms with Gasteiger partial charge < -0.3 is 5.32 Å². The van der Waals surface area contributed by atoms with Crippen LogP contribution in [0.25, 0.3) is 0 Å². The molecule has 18 heavy (non-hydrogen) atoms. The Bertz CT molecular complexity index is 612. The van der Waals surface area contributed by atoms with E-state index in [1.807, 2.05) is 13.0 Å². The number of aryl methyl sites for hydroxylation is 1. The molecule has 0 fully saturated rings. The average molecular weight is 365 g/mol. The molecule has 2 rings (SSSR count). The van der Waals surface area contributed by atoms with Crippen molar-refractivity contribution in [2.75, 3.05) is 5.32 Å². The summed E-state index contributed by atoms with van der Waals surface area (Å²) in [6.07, 6.45) is 0. The van der Waals surface area contributed by atoms with Gasteiger partial charge in [0.1, 0.15) is 0 Å². The number of amides is 1. The fourth-order valence-corrected chi connectivity index (χ4v) is 2.99. The first-order valence-electron chi connectivity index (χ1n) is 4.99. The third-order valence-corrected chi connectivity index (χ3v) is 4.66. The highest BCUT2D eigenvalue weighted by Gasteiger charge is 2.14. The summed E-state index contributed by atoms with van der Waals surface area (Å²) < 4.78 is 0.897. The van der Waals surface area contributed by atoms with E-state index < -0.39 is 0 Å². The van der Waals surface area contributed by atoms with E-state index in [1.165, 1.54) is 11.3 Å². The fraction of sp³-hybridized carbons (Fsp3) is 0.0833. The lowest BCUT2D eigenvalue weighted by Gasteiger charge is -2.10. The maximum atomic E-state index is 12.0. The minimum absolute atomic E-state index is 0.230. The van der Waals surface area contributed by atoms with Crippen molar-refractivity contribution >= 4 is 62.1 Å². The van der Waals surface area contributed by atoms with E-state index in [4.69, 9.17) is 23.2 Å². The summed E-state index contributed by atoms with van der Waals surface area (Å²) in [6, 6.07) is 5.26. The van der Waals surface area contributed by atoms with E-state index >= 15 is 0 Å². The lowest BCUT2D eigenvalue weighted by molar-refractivity contribution is 0.102. The molecular formula is C12H8BrCl2NOS. The number of benzene rings is 1. The lowest BCUT2D eigenvalue weighted by atomic mass is 10.2. The summed E-state index contributed by atoms with van der Waals surface area (Å²) in [5.74, 6) is -0.230. The van der Waals surface area contributed by atoms with Gasteiger partial charge in [-0.2, -0.15) is 0 Å². The van der Waals surface area contributed by atoms with Crippen molar-refractivity contribution in [1.29, 1.82) is 0 Å². The minimum Gasteiger partial charge on any atom is -0.319 e. The second-order valence-corrected chi connectivity index (χ2v) is 6.72. The van der Waals surface area contributed by atoms with Gasteiger partial charge in [0.05, 0.1) is 25.1 Å². The maximum Gasteiger partial charge on any atom is 0.256 e. The molecule has 1 amide bonds. The molecule has 0 saturated carbocycles. The number of halogens is 3. The maximum absolute atomic E-state index is 12.0. The van der Waals surface area contributed by atoms with E-state index in [1.54, 1.807) is 17.5 Å². The van der Waals surface area contributed by atoms with Gasteiger partial charge in [0.15, 0.2) is 0 Å². The summed E-state index contributed by atoms with van der Waals surface area (Å²) >= 11 is 16.9. The second-order valence-electron chi connectivity index (χ2n) is 3.65. The van der Waals surface area contributed by atoms with E-state index in [0.717, 1.165) is 9.35 Å². The van der Waals surface area contributed by atoms with Crippen LogP contribution in [0.5, 0.6) is 0 Å². The third-order valence-electron chi connectivity index (χ3n) is 2.35. The van der Waals surface area contributed by atoms with Crippen LogP contribution in [0.15, 0.2) is 27.4 Å². The van der Waals surface area contributed by atoms with Crippen molar-refractivity contribution in [2.45, 2.75) is 6.92 Å². The quantitative estimate of drug-likeness (QED) is 0.761. The summed E-state index contributed by atoms with van der Waals surface area (Å²) in [6.45, 7) is 1.86. The van der Waals surface area contributed by atoms with Crippen LogP contribution < -0.4 is 5.32 Å². The van der Waals surface area contributed by atoms with E-state index in [-0.39, 0.29) is 5.91 Å². The highest BCUT2D eigenvalue weighted by molar-refractivity contribution is 9.11. The zero-order chi connectivity index (χ0) is 13.3. The Kier molecular flexibility index (Phi) is 4.33.